The highest BCUT2D eigenvalue weighted by Gasteiger charge is 2.38. The summed E-state index contributed by atoms with van der Waals surface area (Å²) in [5.41, 5.74) is 5.51. The van der Waals surface area contributed by atoms with E-state index >= 15 is 4.39 Å². The fourth-order valence-corrected chi connectivity index (χ4v) is 7.53. The molecule has 0 radical (unpaired) electrons. The number of carbonyl (C=O) groups excluding carboxylic acids is 1. The maximum absolute atomic E-state index is 16.7. The number of halogens is 3. The van der Waals surface area contributed by atoms with E-state index < -0.39 is 23.2 Å². The molecule has 1 aliphatic carbocycles. The zero-order chi connectivity index (χ0) is 28.6. The minimum atomic E-state index is -0.806. The number of fused-ring (bicyclic) bond motifs is 4. The first-order valence-electron chi connectivity index (χ1n) is 13.5. The van der Waals surface area contributed by atoms with Gasteiger partial charge in [0.2, 0.25) is 5.82 Å². The number of carbonyl (C=O) groups is 1. The number of nitrogens with two attached hydrogens (primary N) is 1. The van der Waals surface area contributed by atoms with Crippen LogP contribution in [-0.2, 0) is 4.74 Å². The normalized spacial score (nSPS) is 21.2. The lowest BCUT2D eigenvalue weighted by Crippen LogP contribution is -2.51. The molecule has 41 heavy (non-hydrogen) atoms. The number of nitriles is 1. The smallest absolute Gasteiger partial charge is 0.377 e. The maximum atomic E-state index is 16.7. The van der Waals surface area contributed by atoms with Gasteiger partial charge in [0.05, 0.1) is 15.3 Å². The summed E-state index contributed by atoms with van der Waals surface area (Å²) in [5, 5.41) is 14.0. The predicted octanol–water partition coefficient (Wildman–Crippen LogP) is 5.94. The molecule has 2 aliphatic heterocycles. The van der Waals surface area contributed by atoms with Gasteiger partial charge in [-0.25, -0.2) is 23.5 Å². The monoisotopic (exact) mass is 594 g/mol. The topological polar surface area (TPSA) is 117 Å². The van der Waals surface area contributed by atoms with Crippen molar-refractivity contribution in [1.29, 1.82) is 5.26 Å². The minimum absolute atomic E-state index is 0.0387. The van der Waals surface area contributed by atoms with E-state index in [1.165, 1.54) is 12.1 Å². The van der Waals surface area contributed by atoms with Crippen LogP contribution in [0, 0.1) is 23.0 Å². The fourth-order valence-electron chi connectivity index (χ4n) is 6.28. The molecule has 3 fully saturated rings. The lowest BCUT2D eigenvalue weighted by Gasteiger charge is -2.37. The van der Waals surface area contributed by atoms with E-state index in [0.29, 0.717) is 24.3 Å². The molecule has 4 aromatic rings. The Labute approximate surface area is 243 Å². The van der Waals surface area contributed by atoms with Gasteiger partial charge in [-0.05, 0) is 56.7 Å². The van der Waals surface area contributed by atoms with Gasteiger partial charge in [0.25, 0.3) is 0 Å². The van der Waals surface area contributed by atoms with E-state index in [0.717, 1.165) is 43.4 Å². The highest BCUT2D eigenvalue weighted by Crippen LogP contribution is 2.46. The number of rotatable bonds is 4. The molecular weight excluding hydrogens is 570 g/mol. The predicted molar refractivity (Wildman–Crippen MR) is 154 cm³/mol. The molecule has 2 atom stereocenters. The van der Waals surface area contributed by atoms with E-state index in [-0.39, 0.29) is 60.2 Å². The van der Waals surface area contributed by atoms with Crippen LogP contribution >= 0.6 is 22.9 Å². The molecule has 210 valence electrons. The van der Waals surface area contributed by atoms with Crippen LogP contribution in [0.2, 0.25) is 5.02 Å². The molecule has 0 amide bonds. The number of piperazine rings is 1. The van der Waals surface area contributed by atoms with Crippen molar-refractivity contribution in [2.45, 2.75) is 56.7 Å². The van der Waals surface area contributed by atoms with E-state index in [2.05, 4.69) is 15.3 Å². The number of nitrogen functional groups attached to an aromatic ring is 1. The van der Waals surface area contributed by atoms with E-state index in [4.69, 9.17) is 22.1 Å². The van der Waals surface area contributed by atoms with Crippen molar-refractivity contribution in [1.82, 2.24) is 15.3 Å². The SMILES string of the molecule is CC1(OC(=O)c2nc(N3CC4CCC(C3)N4)c3cc(Cl)c(-c4ccc(F)c5sc(N)c(C#N)c45)c(F)c3n2)CCC1. The molecule has 0 spiro atoms. The molecule has 4 heterocycles. The van der Waals surface area contributed by atoms with Crippen LogP contribution in [0.25, 0.3) is 32.1 Å². The summed E-state index contributed by atoms with van der Waals surface area (Å²) < 4.78 is 37.3. The first kappa shape index (κ1) is 26.3. The van der Waals surface area contributed by atoms with E-state index in [1.54, 1.807) is 6.07 Å². The lowest BCUT2D eigenvalue weighted by atomic mass is 9.82. The van der Waals surface area contributed by atoms with Crippen LogP contribution < -0.4 is 16.0 Å². The molecule has 1 saturated carbocycles. The number of nitrogens with one attached hydrogen (secondary N) is 1. The Hall–Kier alpha value is -3.59. The number of thiophene rings is 1. The van der Waals surface area contributed by atoms with Gasteiger partial charge in [-0.2, -0.15) is 5.26 Å². The first-order valence-corrected chi connectivity index (χ1v) is 14.7. The molecule has 7 rings (SSSR count). The van der Waals surface area contributed by atoms with Crippen molar-refractivity contribution >= 4 is 60.7 Å². The number of aromatic nitrogens is 2. The zero-order valence-corrected chi connectivity index (χ0v) is 23.6. The van der Waals surface area contributed by atoms with Crippen molar-refractivity contribution < 1.29 is 18.3 Å². The van der Waals surface area contributed by atoms with Crippen LogP contribution in [-0.4, -0.2) is 46.7 Å². The van der Waals surface area contributed by atoms with Gasteiger partial charge < -0.3 is 20.7 Å². The number of nitrogens with zero attached hydrogens (tertiary/aromatic N) is 4. The highest BCUT2D eigenvalue weighted by atomic mass is 35.5. The summed E-state index contributed by atoms with van der Waals surface area (Å²) in [7, 11) is 0. The Morgan fingerprint density at radius 2 is 2.00 bits per heavy atom. The van der Waals surface area contributed by atoms with Gasteiger partial charge in [-0.1, -0.05) is 17.7 Å². The Balaban J connectivity index is 1.46. The molecule has 2 saturated heterocycles. The van der Waals surface area contributed by atoms with Crippen molar-refractivity contribution in [2.24, 2.45) is 0 Å². The van der Waals surface area contributed by atoms with Crippen molar-refractivity contribution in [3.05, 3.63) is 46.2 Å². The van der Waals surface area contributed by atoms with Gasteiger partial charge in [0.1, 0.15) is 33.8 Å². The second-order valence-electron chi connectivity index (χ2n) is 11.3. The summed E-state index contributed by atoms with van der Waals surface area (Å²) in [4.78, 5) is 24.3. The number of benzene rings is 2. The largest absolute Gasteiger partial charge is 0.453 e. The van der Waals surface area contributed by atoms with Gasteiger partial charge in [-0.15, -0.1) is 11.3 Å². The molecule has 12 heteroatoms. The molecule has 8 nitrogen and oxygen atoms in total. The molecule has 2 bridgehead atoms. The van der Waals surface area contributed by atoms with Crippen LogP contribution in [0.3, 0.4) is 0 Å². The Bertz CT molecular complexity index is 1810. The van der Waals surface area contributed by atoms with Gasteiger partial charge >= 0.3 is 5.97 Å². The average molecular weight is 595 g/mol. The Morgan fingerprint density at radius 3 is 2.66 bits per heavy atom. The van der Waals surface area contributed by atoms with Gasteiger partial charge in [-0.3, -0.25) is 0 Å². The third-order valence-corrected chi connectivity index (χ3v) is 9.84. The van der Waals surface area contributed by atoms with Crippen LogP contribution in [0.5, 0.6) is 0 Å². The summed E-state index contributed by atoms with van der Waals surface area (Å²) in [6, 6.07) is 6.66. The Kier molecular flexibility index (Phi) is 6.08. The maximum Gasteiger partial charge on any atom is 0.377 e. The number of hydrogen-bond acceptors (Lipinski definition) is 9. The molecule has 2 unspecified atom stereocenters. The molecule has 2 aromatic heterocycles. The van der Waals surface area contributed by atoms with Gasteiger partial charge in [0, 0.05) is 41.5 Å². The van der Waals surface area contributed by atoms with Crippen molar-refractivity contribution in [3.8, 4) is 17.2 Å². The summed E-state index contributed by atoms with van der Waals surface area (Å²) in [6.45, 7) is 3.13. The van der Waals surface area contributed by atoms with Gasteiger partial charge in [0.15, 0.2) is 5.82 Å². The quantitative estimate of drug-likeness (QED) is 0.279. The van der Waals surface area contributed by atoms with E-state index in [1.807, 2.05) is 17.9 Å². The highest BCUT2D eigenvalue weighted by molar-refractivity contribution is 7.23. The standard InChI is InChI=1S/C29H25ClF2N6O2S/c1-29(7-2-8-29)40-28(39)26-36-23-16(27(37-26)38-11-13-3-4-14(12-38)35-13)9-18(30)21(22(23)32)15-5-6-19(31)24-20(15)17(10-33)25(34)41-24/h5-6,9,13-14,35H,2-4,7-8,11-12,34H2,1H3. The summed E-state index contributed by atoms with van der Waals surface area (Å²) in [5.74, 6) is -1.92. The second kappa shape index (κ2) is 9.48. The van der Waals surface area contributed by atoms with Crippen molar-refractivity contribution in [3.63, 3.8) is 0 Å². The first-order chi connectivity index (χ1) is 19.7. The average Bonchev–Trinajstić information content (AvgIpc) is 3.46. The lowest BCUT2D eigenvalue weighted by molar-refractivity contribution is -0.0507. The molecule has 3 N–H and O–H groups in total. The summed E-state index contributed by atoms with van der Waals surface area (Å²) >= 11 is 7.68. The number of esters is 1. The summed E-state index contributed by atoms with van der Waals surface area (Å²) in [6.07, 6.45) is 4.46. The molecule has 2 aromatic carbocycles. The fraction of sp³-hybridized carbons (Fsp3) is 0.379. The number of hydrogen-bond donors (Lipinski definition) is 2. The van der Waals surface area contributed by atoms with E-state index in [9.17, 15) is 14.4 Å². The van der Waals surface area contributed by atoms with Crippen LogP contribution in [0.15, 0.2) is 18.2 Å². The Morgan fingerprint density at radius 1 is 1.27 bits per heavy atom. The zero-order valence-electron chi connectivity index (χ0n) is 22.1. The third kappa shape index (κ3) is 4.19. The van der Waals surface area contributed by atoms with Crippen molar-refractivity contribution in [2.75, 3.05) is 23.7 Å². The van der Waals surface area contributed by atoms with Crippen LogP contribution in [0.1, 0.15) is 55.2 Å². The number of ether oxygens (including phenoxy) is 1. The molecule has 3 aliphatic rings. The third-order valence-electron chi connectivity index (χ3n) is 8.51. The molecular formula is C29H25ClF2N6O2S. The minimum Gasteiger partial charge on any atom is -0.453 e. The number of anilines is 2. The second-order valence-corrected chi connectivity index (χ2v) is 12.8. The van der Waals surface area contributed by atoms with Crippen LogP contribution in [0.4, 0.5) is 19.6 Å².